The van der Waals surface area contributed by atoms with E-state index in [1.165, 1.54) is 12.1 Å². The molecule has 1 aromatic carbocycles. The number of hydrogen-bond acceptors (Lipinski definition) is 3. The van der Waals surface area contributed by atoms with Crippen LogP contribution in [0, 0.1) is 11.7 Å². The normalized spacial score (nSPS) is 22.9. The summed E-state index contributed by atoms with van der Waals surface area (Å²) >= 11 is 0. The summed E-state index contributed by atoms with van der Waals surface area (Å²) in [6, 6.07) is 6.65. The molecule has 2 atom stereocenters. The standard InChI is InChI=1S/C13H19FN2O/c14-12-3-1-11(2-4-12)13(7-15)16-6-5-10(8-16)9-17/h1-4,10,13,17H,5-9,15H2. The van der Waals surface area contributed by atoms with Crippen LogP contribution >= 0.6 is 0 Å². The van der Waals surface area contributed by atoms with Gasteiger partial charge in [0.15, 0.2) is 0 Å². The molecule has 1 aromatic rings. The summed E-state index contributed by atoms with van der Waals surface area (Å²) in [5, 5.41) is 9.14. The number of likely N-dealkylation sites (tertiary alicyclic amines) is 1. The molecule has 1 saturated heterocycles. The molecular weight excluding hydrogens is 219 g/mol. The Bertz CT molecular complexity index is 355. The number of nitrogens with two attached hydrogens (primary N) is 1. The molecule has 0 spiro atoms. The van der Waals surface area contributed by atoms with Crippen LogP contribution in [0.25, 0.3) is 0 Å². The van der Waals surface area contributed by atoms with Crippen molar-refractivity contribution < 1.29 is 9.50 Å². The molecule has 3 N–H and O–H groups in total. The Morgan fingerprint density at radius 3 is 2.65 bits per heavy atom. The Hall–Kier alpha value is -0.970. The maximum absolute atomic E-state index is 12.9. The third kappa shape index (κ3) is 2.83. The minimum absolute atomic E-state index is 0.132. The zero-order chi connectivity index (χ0) is 12.3. The van der Waals surface area contributed by atoms with E-state index < -0.39 is 0 Å². The van der Waals surface area contributed by atoms with Gasteiger partial charge in [-0.25, -0.2) is 4.39 Å². The Balaban J connectivity index is 2.08. The number of aliphatic hydroxyl groups excluding tert-OH is 1. The van der Waals surface area contributed by atoms with Crippen molar-refractivity contribution in [3.8, 4) is 0 Å². The molecule has 0 bridgehead atoms. The SMILES string of the molecule is NCC(c1ccc(F)cc1)N1CCC(CO)C1. The predicted molar refractivity (Wildman–Crippen MR) is 65.0 cm³/mol. The number of aliphatic hydroxyl groups is 1. The van der Waals surface area contributed by atoms with Gasteiger partial charge in [0.25, 0.3) is 0 Å². The zero-order valence-corrected chi connectivity index (χ0v) is 9.85. The van der Waals surface area contributed by atoms with Gasteiger partial charge >= 0.3 is 0 Å². The van der Waals surface area contributed by atoms with Crippen LogP contribution in [-0.4, -0.2) is 36.2 Å². The number of benzene rings is 1. The highest BCUT2D eigenvalue weighted by atomic mass is 19.1. The first-order valence-electron chi connectivity index (χ1n) is 6.05. The maximum Gasteiger partial charge on any atom is 0.123 e. The van der Waals surface area contributed by atoms with E-state index in [1.807, 2.05) is 0 Å². The molecule has 2 unspecified atom stereocenters. The molecule has 94 valence electrons. The van der Waals surface area contributed by atoms with Crippen molar-refractivity contribution in [2.24, 2.45) is 11.7 Å². The van der Waals surface area contributed by atoms with Gasteiger partial charge in [-0.3, -0.25) is 4.90 Å². The fourth-order valence-electron chi connectivity index (χ4n) is 2.48. The van der Waals surface area contributed by atoms with Crippen LogP contribution in [0.2, 0.25) is 0 Å². The van der Waals surface area contributed by atoms with Gasteiger partial charge in [-0.15, -0.1) is 0 Å². The maximum atomic E-state index is 12.9. The van der Waals surface area contributed by atoms with E-state index in [9.17, 15) is 4.39 Å². The Morgan fingerprint density at radius 2 is 2.12 bits per heavy atom. The highest BCUT2D eigenvalue weighted by molar-refractivity contribution is 5.20. The Kier molecular flexibility index (Phi) is 4.10. The molecule has 3 nitrogen and oxygen atoms in total. The minimum atomic E-state index is -0.223. The fraction of sp³-hybridized carbons (Fsp3) is 0.538. The Morgan fingerprint density at radius 1 is 1.41 bits per heavy atom. The predicted octanol–water partition coefficient (Wildman–Crippen LogP) is 1.14. The number of halogens is 1. The average Bonchev–Trinajstić information content (AvgIpc) is 2.81. The third-order valence-electron chi connectivity index (χ3n) is 3.49. The smallest absolute Gasteiger partial charge is 0.123 e. The molecule has 1 heterocycles. The van der Waals surface area contributed by atoms with Crippen LogP contribution in [0.15, 0.2) is 24.3 Å². The average molecular weight is 238 g/mol. The van der Waals surface area contributed by atoms with E-state index in [0.717, 1.165) is 25.1 Å². The van der Waals surface area contributed by atoms with Crippen LogP contribution in [0.3, 0.4) is 0 Å². The summed E-state index contributed by atoms with van der Waals surface area (Å²) in [6.07, 6.45) is 1.01. The topological polar surface area (TPSA) is 49.5 Å². The lowest BCUT2D eigenvalue weighted by molar-refractivity contribution is 0.200. The summed E-state index contributed by atoms with van der Waals surface area (Å²) in [6.45, 7) is 2.57. The second-order valence-corrected chi connectivity index (χ2v) is 4.64. The van der Waals surface area contributed by atoms with Crippen molar-refractivity contribution >= 4 is 0 Å². The summed E-state index contributed by atoms with van der Waals surface area (Å²) in [5.41, 5.74) is 6.86. The monoisotopic (exact) mass is 238 g/mol. The van der Waals surface area contributed by atoms with E-state index in [0.29, 0.717) is 12.5 Å². The second kappa shape index (κ2) is 5.58. The first kappa shape index (κ1) is 12.5. The molecule has 0 radical (unpaired) electrons. The molecule has 0 amide bonds. The van der Waals surface area contributed by atoms with Gasteiger partial charge in [-0.2, -0.15) is 0 Å². The first-order valence-corrected chi connectivity index (χ1v) is 6.05. The molecule has 1 aliphatic heterocycles. The zero-order valence-electron chi connectivity index (χ0n) is 9.85. The largest absolute Gasteiger partial charge is 0.396 e. The van der Waals surface area contributed by atoms with Crippen LogP contribution in [0.4, 0.5) is 4.39 Å². The summed E-state index contributed by atoms with van der Waals surface area (Å²) in [4.78, 5) is 2.27. The first-order chi connectivity index (χ1) is 8.24. The lowest BCUT2D eigenvalue weighted by Crippen LogP contribution is -2.32. The number of hydrogen-bond donors (Lipinski definition) is 2. The van der Waals surface area contributed by atoms with Gasteiger partial charge in [-0.05, 0) is 36.6 Å². The molecule has 1 aliphatic rings. The van der Waals surface area contributed by atoms with Gasteiger partial charge in [-0.1, -0.05) is 12.1 Å². The molecule has 0 aromatic heterocycles. The number of rotatable bonds is 4. The third-order valence-corrected chi connectivity index (χ3v) is 3.49. The van der Waals surface area contributed by atoms with E-state index in [1.54, 1.807) is 12.1 Å². The molecule has 0 saturated carbocycles. The van der Waals surface area contributed by atoms with E-state index in [4.69, 9.17) is 10.8 Å². The molecule has 17 heavy (non-hydrogen) atoms. The van der Waals surface area contributed by atoms with Crippen molar-refractivity contribution in [3.63, 3.8) is 0 Å². The van der Waals surface area contributed by atoms with Crippen LogP contribution in [0.1, 0.15) is 18.0 Å². The van der Waals surface area contributed by atoms with Gasteiger partial charge < -0.3 is 10.8 Å². The van der Waals surface area contributed by atoms with Crippen molar-refractivity contribution in [1.82, 2.24) is 4.90 Å². The summed E-state index contributed by atoms with van der Waals surface area (Å²) in [5.74, 6) is 0.128. The van der Waals surface area contributed by atoms with Crippen LogP contribution in [-0.2, 0) is 0 Å². The highest BCUT2D eigenvalue weighted by Gasteiger charge is 2.27. The molecule has 2 rings (SSSR count). The fourth-order valence-corrected chi connectivity index (χ4v) is 2.48. The molecule has 4 heteroatoms. The van der Waals surface area contributed by atoms with E-state index >= 15 is 0 Å². The lowest BCUT2D eigenvalue weighted by Gasteiger charge is -2.27. The van der Waals surface area contributed by atoms with Crippen molar-refractivity contribution in [2.45, 2.75) is 12.5 Å². The van der Waals surface area contributed by atoms with Crippen LogP contribution in [0.5, 0.6) is 0 Å². The second-order valence-electron chi connectivity index (χ2n) is 4.64. The quantitative estimate of drug-likeness (QED) is 0.827. The van der Waals surface area contributed by atoms with Crippen molar-refractivity contribution in [2.75, 3.05) is 26.2 Å². The van der Waals surface area contributed by atoms with Gasteiger partial charge in [0, 0.05) is 25.7 Å². The molecular formula is C13H19FN2O. The van der Waals surface area contributed by atoms with Crippen LogP contribution < -0.4 is 5.73 Å². The lowest BCUT2D eigenvalue weighted by atomic mass is 10.1. The summed E-state index contributed by atoms with van der Waals surface area (Å²) < 4.78 is 12.9. The van der Waals surface area contributed by atoms with Crippen molar-refractivity contribution in [3.05, 3.63) is 35.6 Å². The van der Waals surface area contributed by atoms with Gasteiger partial charge in [0.1, 0.15) is 5.82 Å². The molecule has 0 aliphatic carbocycles. The number of nitrogens with zero attached hydrogens (tertiary/aromatic N) is 1. The van der Waals surface area contributed by atoms with Gasteiger partial charge in [0.2, 0.25) is 0 Å². The highest BCUT2D eigenvalue weighted by Crippen LogP contribution is 2.26. The minimum Gasteiger partial charge on any atom is -0.396 e. The van der Waals surface area contributed by atoms with Crippen molar-refractivity contribution in [1.29, 1.82) is 0 Å². The summed E-state index contributed by atoms with van der Waals surface area (Å²) in [7, 11) is 0. The molecule has 1 fully saturated rings. The Labute approximate surface area is 101 Å². The van der Waals surface area contributed by atoms with Gasteiger partial charge in [0.05, 0.1) is 0 Å². The van der Waals surface area contributed by atoms with E-state index in [2.05, 4.69) is 4.90 Å². The van der Waals surface area contributed by atoms with E-state index in [-0.39, 0.29) is 18.5 Å².